The third-order valence-corrected chi connectivity index (χ3v) is 3.50. The van der Waals surface area contributed by atoms with Gasteiger partial charge in [0.05, 0.1) is 6.07 Å². The Bertz CT molecular complexity index is 408. The molecule has 1 unspecified atom stereocenters. The number of likely N-dealkylation sites (N-methyl/N-ethyl adjacent to an activating group) is 1. The Morgan fingerprint density at radius 2 is 1.95 bits per heavy atom. The number of benzene rings is 1. The molecule has 104 valence electrons. The Labute approximate surface area is 117 Å². The fraction of sp³-hybridized carbons (Fsp3) is 0.562. The van der Waals surface area contributed by atoms with Crippen LogP contribution in [0.1, 0.15) is 32.8 Å². The van der Waals surface area contributed by atoms with Crippen molar-refractivity contribution in [3.63, 3.8) is 0 Å². The summed E-state index contributed by atoms with van der Waals surface area (Å²) in [5.41, 5.74) is 0.412. The van der Waals surface area contributed by atoms with Crippen molar-refractivity contribution in [1.82, 2.24) is 10.2 Å². The lowest BCUT2D eigenvalue weighted by Crippen LogP contribution is -2.51. The van der Waals surface area contributed by atoms with E-state index in [1.165, 1.54) is 0 Å². The summed E-state index contributed by atoms with van der Waals surface area (Å²) in [7, 11) is 2.06. The molecule has 1 aromatic carbocycles. The van der Waals surface area contributed by atoms with E-state index >= 15 is 0 Å². The number of nitrogens with zero attached hydrogens (tertiary/aromatic N) is 2. The van der Waals surface area contributed by atoms with Gasteiger partial charge in [0.25, 0.3) is 0 Å². The SMILES string of the molecule is CCCNC(C#N)(CN(C)C(C)C)c1ccccc1. The van der Waals surface area contributed by atoms with Gasteiger partial charge in [0.15, 0.2) is 0 Å². The summed E-state index contributed by atoms with van der Waals surface area (Å²) in [6, 6.07) is 12.9. The minimum absolute atomic E-state index is 0.417. The summed E-state index contributed by atoms with van der Waals surface area (Å²) in [5.74, 6) is 0. The first-order valence-corrected chi connectivity index (χ1v) is 6.97. The van der Waals surface area contributed by atoms with Crippen LogP contribution >= 0.6 is 0 Å². The van der Waals surface area contributed by atoms with Gasteiger partial charge in [-0.15, -0.1) is 0 Å². The second-order valence-electron chi connectivity index (χ2n) is 5.32. The van der Waals surface area contributed by atoms with Crippen molar-refractivity contribution >= 4 is 0 Å². The van der Waals surface area contributed by atoms with E-state index in [1.807, 2.05) is 30.3 Å². The van der Waals surface area contributed by atoms with Gasteiger partial charge >= 0.3 is 0 Å². The predicted octanol–water partition coefficient (Wildman–Crippen LogP) is 2.75. The van der Waals surface area contributed by atoms with Gasteiger partial charge < -0.3 is 4.90 Å². The van der Waals surface area contributed by atoms with Crippen LogP contribution in [0.2, 0.25) is 0 Å². The van der Waals surface area contributed by atoms with E-state index in [1.54, 1.807) is 0 Å². The summed E-state index contributed by atoms with van der Waals surface area (Å²) in [4.78, 5) is 2.21. The summed E-state index contributed by atoms with van der Waals surface area (Å²) in [5, 5.41) is 13.2. The smallest absolute Gasteiger partial charge is 0.145 e. The summed E-state index contributed by atoms with van der Waals surface area (Å²) in [6.07, 6.45) is 1.02. The topological polar surface area (TPSA) is 39.1 Å². The molecule has 3 nitrogen and oxygen atoms in total. The minimum atomic E-state index is -0.629. The molecule has 0 radical (unpaired) electrons. The van der Waals surface area contributed by atoms with Crippen LogP contribution in [-0.4, -0.2) is 31.1 Å². The first-order chi connectivity index (χ1) is 9.05. The fourth-order valence-corrected chi connectivity index (χ4v) is 2.01. The normalized spacial score (nSPS) is 14.4. The Morgan fingerprint density at radius 1 is 1.32 bits per heavy atom. The zero-order valence-electron chi connectivity index (χ0n) is 12.5. The summed E-state index contributed by atoms with van der Waals surface area (Å²) in [6.45, 7) is 7.94. The molecular weight excluding hydrogens is 234 g/mol. The van der Waals surface area contributed by atoms with E-state index in [2.05, 4.69) is 44.1 Å². The van der Waals surface area contributed by atoms with E-state index in [-0.39, 0.29) is 0 Å². The second-order valence-corrected chi connectivity index (χ2v) is 5.32. The molecule has 0 heterocycles. The number of nitrogens with one attached hydrogen (secondary N) is 1. The van der Waals surface area contributed by atoms with Crippen LogP contribution in [0.15, 0.2) is 30.3 Å². The van der Waals surface area contributed by atoms with E-state index in [4.69, 9.17) is 0 Å². The summed E-state index contributed by atoms with van der Waals surface area (Å²) >= 11 is 0. The highest BCUT2D eigenvalue weighted by Gasteiger charge is 2.33. The van der Waals surface area contributed by atoms with Crippen molar-refractivity contribution < 1.29 is 0 Å². The average molecular weight is 259 g/mol. The monoisotopic (exact) mass is 259 g/mol. The standard InChI is InChI=1S/C16H25N3/c1-5-11-18-16(12-17,13-19(4)14(2)3)15-9-7-6-8-10-15/h6-10,14,18H,5,11,13H2,1-4H3. The third kappa shape index (κ3) is 4.05. The predicted molar refractivity (Wildman–Crippen MR) is 79.8 cm³/mol. The molecule has 0 bridgehead atoms. The molecule has 1 N–H and O–H groups in total. The van der Waals surface area contributed by atoms with E-state index in [9.17, 15) is 5.26 Å². The Kier molecular flexibility index (Phi) is 6.01. The molecule has 0 spiro atoms. The van der Waals surface area contributed by atoms with Crippen molar-refractivity contribution in [2.45, 2.75) is 38.8 Å². The van der Waals surface area contributed by atoms with Crippen LogP contribution in [-0.2, 0) is 5.54 Å². The molecule has 1 aromatic rings. The maximum atomic E-state index is 9.75. The minimum Gasteiger partial charge on any atom is -0.301 e. The highest BCUT2D eigenvalue weighted by Crippen LogP contribution is 2.22. The van der Waals surface area contributed by atoms with E-state index in [0.29, 0.717) is 12.6 Å². The number of hydrogen-bond donors (Lipinski definition) is 1. The Balaban J connectivity index is 3.05. The van der Waals surface area contributed by atoms with Crippen LogP contribution in [0.3, 0.4) is 0 Å². The molecule has 0 saturated heterocycles. The highest BCUT2D eigenvalue weighted by atomic mass is 15.2. The van der Waals surface area contributed by atoms with Crippen LogP contribution < -0.4 is 5.32 Å². The molecule has 0 aliphatic carbocycles. The van der Waals surface area contributed by atoms with Crippen molar-refractivity contribution in [1.29, 1.82) is 5.26 Å². The molecule has 19 heavy (non-hydrogen) atoms. The van der Waals surface area contributed by atoms with Gasteiger partial charge in [-0.2, -0.15) is 5.26 Å². The highest BCUT2D eigenvalue weighted by molar-refractivity contribution is 5.32. The first kappa shape index (κ1) is 15.7. The van der Waals surface area contributed by atoms with Gasteiger partial charge in [0, 0.05) is 12.6 Å². The molecule has 0 fully saturated rings. The maximum absolute atomic E-state index is 9.75. The van der Waals surface area contributed by atoms with Gasteiger partial charge in [-0.25, -0.2) is 0 Å². The number of nitriles is 1. The lowest BCUT2D eigenvalue weighted by molar-refractivity contribution is 0.210. The molecule has 0 aromatic heterocycles. The average Bonchev–Trinajstić information content (AvgIpc) is 2.44. The lowest BCUT2D eigenvalue weighted by atomic mass is 9.90. The molecular formula is C16H25N3. The van der Waals surface area contributed by atoms with Gasteiger partial charge in [0.2, 0.25) is 0 Å². The van der Waals surface area contributed by atoms with Crippen LogP contribution in [0.25, 0.3) is 0 Å². The van der Waals surface area contributed by atoms with Gasteiger partial charge in [-0.1, -0.05) is 37.3 Å². The Hall–Kier alpha value is -1.37. The first-order valence-electron chi connectivity index (χ1n) is 6.97. The zero-order chi connectivity index (χ0) is 14.3. The Morgan fingerprint density at radius 3 is 2.42 bits per heavy atom. The molecule has 0 aliphatic heterocycles. The van der Waals surface area contributed by atoms with Crippen LogP contribution in [0.5, 0.6) is 0 Å². The van der Waals surface area contributed by atoms with Crippen LogP contribution in [0.4, 0.5) is 0 Å². The lowest BCUT2D eigenvalue weighted by Gasteiger charge is -2.34. The van der Waals surface area contributed by atoms with Gasteiger partial charge in [-0.3, -0.25) is 5.32 Å². The van der Waals surface area contributed by atoms with Crippen molar-refractivity contribution in [3.05, 3.63) is 35.9 Å². The van der Waals surface area contributed by atoms with Crippen LogP contribution in [0, 0.1) is 11.3 Å². The molecule has 0 amide bonds. The van der Waals surface area contributed by atoms with Crippen molar-refractivity contribution in [2.24, 2.45) is 0 Å². The van der Waals surface area contributed by atoms with Crippen molar-refractivity contribution in [2.75, 3.05) is 20.1 Å². The molecule has 0 aliphatic rings. The second kappa shape index (κ2) is 7.28. The number of rotatable bonds is 7. The zero-order valence-corrected chi connectivity index (χ0v) is 12.5. The number of hydrogen-bond acceptors (Lipinski definition) is 3. The largest absolute Gasteiger partial charge is 0.301 e. The molecule has 1 atom stereocenters. The van der Waals surface area contributed by atoms with E-state index in [0.717, 1.165) is 18.5 Å². The third-order valence-electron chi connectivity index (χ3n) is 3.50. The molecule has 3 heteroatoms. The fourth-order valence-electron chi connectivity index (χ4n) is 2.01. The van der Waals surface area contributed by atoms with Gasteiger partial charge in [-0.05, 0) is 39.4 Å². The maximum Gasteiger partial charge on any atom is 0.145 e. The summed E-state index contributed by atoms with van der Waals surface area (Å²) < 4.78 is 0. The molecule has 0 saturated carbocycles. The van der Waals surface area contributed by atoms with Gasteiger partial charge in [0.1, 0.15) is 5.54 Å². The quantitative estimate of drug-likeness (QED) is 0.818. The van der Waals surface area contributed by atoms with E-state index < -0.39 is 5.54 Å². The molecule has 1 rings (SSSR count). The van der Waals surface area contributed by atoms with Crippen molar-refractivity contribution in [3.8, 4) is 6.07 Å².